The van der Waals surface area contributed by atoms with Crippen LogP contribution < -0.4 is 0 Å². The Morgan fingerprint density at radius 3 is 2.27 bits per heavy atom. The van der Waals surface area contributed by atoms with Gasteiger partial charge in [0.25, 0.3) is 0 Å². The fourth-order valence-electron chi connectivity index (χ4n) is 2.50. The van der Waals surface area contributed by atoms with Crippen molar-refractivity contribution in [2.75, 3.05) is 13.2 Å². The summed E-state index contributed by atoms with van der Waals surface area (Å²) in [5, 5.41) is 9.12. The number of carboxylic acid groups (broad SMARTS) is 1. The monoisotopic (exact) mass is 214 g/mol. The van der Waals surface area contributed by atoms with Gasteiger partial charge in [0.15, 0.2) is 5.60 Å². The van der Waals surface area contributed by atoms with Crippen molar-refractivity contribution < 1.29 is 19.4 Å². The molecular formula is C11H18O4. The van der Waals surface area contributed by atoms with Gasteiger partial charge in [-0.2, -0.15) is 0 Å². The molecule has 2 saturated heterocycles. The molecule has 0 amide bonds. The lowest BCUT2D eigenvalue weighted by atomic mass is 9.76. The Morgan fingerprint density at radius 1 is 1.20 bits per heavy atom. The van der Waals surface area contributed by atoms with Gasteiger partial charge in [0.1, 0.15) is 5.60 Å². The second-order valence-electron chi connectivity index (χ2n) is 5.51. The Hall–Kier alpha value is -0.610. The standard InChI is InChI=1S/C11H18O4/c1-9(2)6-14-7-11(9)5-4-10(3,15-11)8(12)13/h4-7H2,1-3H3,(H,12,13). The SMILES string of the molecule is CC1(C(=O)O)CCC2(COCC2(C)C)O1. The second kappa shape index (κ2) is 2.95. The molecule has 0 aliphatic carbocycles. The van der Waals surface area contributed by atoms with Crippen molar-refractivity contribution >= 4 is 5.97 Å². The molecule has 0 saturated carbocycles. The van der Waals surface area contributed by atoms with Crippen molar-refractivity contribution in [2.45, 2.75) is 44.8 Å². The highest BCUT2D eigenvalue weighted by Crippen LogP contribution is 2.51. The van der Waals surface area contributed by atoms with Gasteiger partial charge in [-0.25, -0.2) is 4.79 Å². The average Bonchev–Trinajstić information content (AvgIpc) is 2.58. The summed E-state index contributed by atoms with van der Waals surface area (Å²) in [4.78, 5) is 11.1. The van der Waals surface area contributed by atoms with E-state index in [-0.39, 0.29) is 5.41 Å². The molecule has 1 spiro atoms. The lowest BCUT2D eigenvalue weighted by molar-refractivity contribution is -0.179. The first-order valence-corrected chi connectivity index (χ1v) is 5.33. The number of hydrogen-bond acceptors (Lipinski definition) is 3. The van der Waals surface area contributed by atoms with Crippen LogP contribution in [-0.2, 0) is 14.3 Å². The lowest BCUT2D eigenvalue weighted by Gasteiger charge is -2.36. The molecule has 2 unspecified atom stereocenters. The molecule has 4 heteroatoms. The van der Waals surface area contributed by atoms with Crippen LogP contribution in [0.15, 0.2) is 0 Å². The fraction of sp³-hybridized carbons (Fsp3) is 0.909. The van der Waals surface area contributed by atoms with Crippen LogP contribution in [0, 0.1) is 5.41 Å². The molecule has 2 aliphatic heterocycles. The van der Waals surface area contributed by atoms with Crippen LogP contribution in [0.2, 0.25) is 0 Å². The zero-order valence-electron chi connectivity index (χ0n) is 9.50. The number of aliphatic carboxylic acids is 1. The lowest BCUT2D eigenvalue weighted by Crippen LogP contribution is -2.47. The summed E-state index contributed by atoms with van der Waals surface area (Å²) in [6.07, 6.45) is 1.33. The summed E-state index contributed by atoms with van der Waals surface area (Å²) >= 11 is 0. The van der Waals surface area contributed by atoms with E-state index in [0.29, 0.717) is 19.6 Å². The first kappa shape index (κ1) is 10.9. The third-order valence-electron chi connectivity index (χ3n) is 3.91. The maximum atomic E-state index is 11.1. The van der Waals surface area contributed by atoms with Crippen LogP contribution in [0.3, 0.4) is 0 Å². The van der Waals surface area contributed by atoms with Crippen molar-refractivity contribution in [1.29, 1.82) is 0 Å². The maximum Gasteiger partial charge on any atom is 0.335 e. The Bertz CT molecular complexity index is 299. The highest BCUT2D eigenvalue weighted by molar-refractivity contribution is 5.77. The van der Waals surface area contributed by atoms with Gasteiger partial charge in [0.2, 0.25) is 0 Å². The summed E-state index contributed by atoms with van der Waals surface area (Å²) in [6.45, 7) is 6.96. The van der Waals surface area contributed by atoms with E-state index in [1.807, 2.05) is 0 Å². The molecule has 2 atom stereocenters. The van der Waals surface area contributed by atoms with Crippen LogP contribution in [0.5, 0.6) is 0 Å². The molecular weight excluding hydrogens is 196 g/mol. The quantitative estimate of drug-likeness (QED) is 0.717. The largest absolute Gasteiger partial charge is 0.479 e. The molecule has 86 valence electrons. The number of ether oxygens (including phenoxy) is 2. The van der Waals surface area contributed by atoms with Crippen LogP contribution >= 0.6 is 0 Å². The predicted octanol–water partition coefficient (Wildman–Crippen LogP) is 1.44. The van der Waals surface area contributed by atoms with Gasteiger partial charge >= 0.3 is 5.97 Å². The van der Waals surface area contributed by atoms with Crippen molar-refractivity contribution in [3.05, 3.63) is 0 Å². The first-order valence-electron chi connectivity index (χ1n) is 5.33. The minimum absolute atomic E-state index is 0.0970. The van der Waals surface area contributed by atoms with Gasteiger partial charge in [-0.15, -0.1) is 0 Å². The first-order chi connectivity index (χ1) is 6.81. The number of hydrogen-bond donors (Lipinski definition) is 1. The molecule has 0 bridgehead atoms. The van der Waals surface area contributed by atoms with E-state index in [0.717, 1.165) is 6.42 Å². The van der Waals surface area contributed by atoms with Gasteiger partial charge in [0, 0.05) is 5.41 Å². The molecule has 2 heterocycles. The normalized spacial score (nSPS) is 43.7. The Balaban J connectivity index is 2.25. The van der Waals surface area contributed by atoms with Crippen molar-refractivity contribution in [3.63, 3.8) is 0 Å². The Morgan fingerprint density at radius 2 is 1.87 bits per heavy atom. The minimum atomic E-state index is -1.04. The summed E-state index contributed by atoms with van der Waals surface area (Å²) in [6, 6.07) is 0. The van der Waals surface area contributed by atoms with E-state index in [2.05, 4.69) is 13.8 Å². The van der Waals surface area contributed by atoms with Crippen LogP contribution in [0.25, 0.3) is 0 Å². The Kier molecular flexibility index (Phi) is 2.14. The van der Waals surface area contributed by atoms with E-state index in [4.69, 9.17) is 14.6 Å². The fourth-order valence-corrected chi connectivity index (χ4v) is 2.50. The van der Waals surface area contributed by atoms with Crippen molar-refractivity contribution in [2.24, 2.45) is 5.41 Å². The van der Waals surface area contributed by atoms with E-state index in [1.165, 1.54) is 0 Å². The number of carboxylic acids is 1. The summed E-state index contributed by atoms with van der Waals surface area (Å²) in [7, 11) is 0. The van der Waals surface area contributed by atoms with E-state index in [1.54, 1.807) is 6.92 Å². The van der Waals surface area contributed by atoms with E-state index in [9.17, 15) is 4.79 Å². The molecule has 2 fully saturated rings. The maximum absolute atomic E-state index is 11.1. The second-order valence-corrected chi connectivity index (χ2v) is 5.51. The Labute approximate surface area is 89.6 Å². The molecule has 2 rings (SSSR count). The molecule has 15 heavy (non-hydrogen) atoms. The smallest absolute Gasteiger partial charge is 0.335 e. The van der Waals surface area contributed by atoms with Gasteiger partial charge in [-0.1, -0.05) is 13.8 Å². The number of rotatable bonds is 1. The summed E-state index contributed by atoms with van der Waals surface area (Å²) < 4.78 is 11.3. The topological polar surface area (TPSA) is 55.8 Å². The third kappa shape index (κ3) is 1.39. The highest BCUT2D eigenvalue weighted by Gasteiger charge is 2.60. The molecule has 2 aliphatic rings. The number of carbonyl (C=O) groups is 1. The van der Waals surface area contributed by atoms with Crippen LogP contribution in [0.1, 0.15) is 33.6 Å². The highest BCUT2D eigenvalue weighted by atomic mass is 16.6. The third-order valence-corrected chi connectivity index (χ3v) is 3.91. The molecule has 0 radical (unpaired) electrons. The molecule has 0 aromatic rings. The predicted molar refractivity (Wildman–Crippen MR) is 53.7 cm³/mol. The molecule has 1 N–H and O–H groups in total. The van der Waals surface area contributed by atoms with Crippen LogP contribution in [-0.4, -0.2) is 35.5 Å². The zero-order chi connectivity index (χ0) is 11.3. The van der Waals surface area contributed by atoms with E-state index < -0.39 is 17.2 Å². The zero-order valence-corrected chi connectivity index (χ0v) is 9.50. The molecule has 0 aromatic carbocycles. The minimum Gasteiger partial charge on any atom is -0.479 e. The van der Waals surface area contributed by atoms with Gasteiger partial charge in [-0.3, -0.25) is 0 Å². The molecule has 0 aromatic heterocycles. The van der Waals surface area contributed by atoms with Crippen molar-refractivity contribution in [1.82, 2.24) is 0 Å². The average molecular weight is 214 g/mol. The van der Waals surface area contributed by atoms with Gasteiger partial charge in [0.05, 0.1) is 13.2 Å². The van der Waals surface area contributed by atoms with Crippen molar-refractivity contribution in [3.8, 4) is 0 Å². The summed E-state index contributed by atoms with van der Waals surface area (Å²) in [5.41, 5.74) is -1.54. The van der Waals surface area contributed by atoms with E-state index >= 15 is 0 Å². The van der Waals surface area contributed by atoms with Crippen LogP contribution in [0.4, 0.5) is 0 Å². The van der Waals surface area contributed by atoms with Gasteiger partial charge in [-0.05, 0) is 19.8 Å². The summed E-state index contributed by atoms with van der Waals surface area (Å²) in [5.74, 6) is -0.873. The molecule has 4 nitrogen and oxygen atoms in total. The van der Waals surface area contributed by atoms with Gasteiger partial charge < -0.3 is 14.6 Å².